The van der Waals surface area contributed by atoms with Crippen LogP contribution in [0.25, 0.3) is 11.5 Å². The molecule has 2 amide bonds. The molecule has 26 heavy (non-hydrogen) atoms. The van der Waals surface area contributed by atoms with Crippen LogP contribution in [0.5, 0.6) is 0 Å². The van der Waals surface area contributed by atoms with Gasteiger partial charge in [0.2, 0.25) is 17.7 Å². The Hall–Kier alpha value is -3.48. The summed E-state index contributed by atoms with van der Waals surface area (Å²) in [6, 6.07) is 16.1. The number of rotatable bonds is 4. The third-order valence-corrected chi connectivity index (χ3v) is 4.18. The van der Waals surface area contributed by atoms with Crippen LogP contribution >= 0.6 is 0 Å². The van der Waals surface area contributed by atoms with Crippen molar-refractivity contribution in [1.29, 1.82) is 0 Å². The first kappa shape index (κ1) is 16.0. The molecule has 0 radical (unpaired) electrons. The monoisotopic (exact) mass is 348 g/mol. The van der Waals surface area contributed by atoms with Crippen molar-refractivity contribution in [2.45, 2.75) is 19.5 Å². The molecule has 3 aromatic rings. The highest BCUT2D eigenvalue weighted by molar-refractivity contribution is 6.05. The van der Waals surface area contributed by atoms with E-state index in [-0.39, 0.29) is 18.4 Å². The zero-order chi connectivity index (χ0) is 18.1. The molecule has 0 saturated heterocycles. The fourth-order valence-corrected chi connectivity index (χ4v) is 3.04. The fourth-order valence-electron chi connectivity index (χ4n) is 3.04. The smallest absolute Gasteiger partial charge is 0.254 e. The van der Waals surface area contributed by atoms with Crippen LogP contribution in [-0.4, -0.2) is 22.0 Å². The normalized spacial score (nSPS) is 15.8. The molecule has 0 bridgehead atoms. The van der Waals surface area contributed by atoms with Gasteiger partial charge in [-0.2, -0.15) is 0 Å². The summed E-state index contributed by atoms with van der Waals surface area (Å²) in [6.07, 6.45) is 0. The summed E-state index contributed by atoms with van der Waals surface area (Å²) in [5.41, 5.74) is 2.31. The van der Waals surface area contributed by atoms with E-state index in [0.717, 1.165) is 16.8 Å². The minimum atomic E-state index is -0.694. The van der Waals surface area contributed by atoms with Gasteiger partial charge in [-0.15, -0.1) is 10.2 Å². The maximum Gasteiger partial charge on any atom is 0.254 e. The Morgan fingerprint density at radius 2 is 1.85 bits per heavy atom. The van der Waals surface area contributed by atoms with E-state index in [4.69, 9.17) is 4.42 Å². The van der Waals surface area contributed by atoms with Crippen LogP contribution in [0.3, 0.4) is 0 Å². The summed E-state index contributed by atoms with van der Waals surface area (Å²) in [7, 11) is 0. The Balaban J connectivity index is 1.61. The lowest BCUT2D eigenvalue weighted by Crippen LogP contribution is -2.36. The molecule has 0 unspecified atom stereocenters. The highest BCUT2D eigenvalue weighted by Crippen LogP contribution is 2.36. The molecule has 0 aliphatic carbocycles. The summed E-state index contributed by atoms with van der Waals surface area (Å²) in [5.74, 6) is 0.249. The number of carbonyl (C=O) groups is 2. The first-order valence-corrected chi connectivity index (χ1v) is 8.18. The van der Waals surface area contributed by atoms with E-state index in [1.165, 1.54) is 6.92 Å². The average molecular weight is 348 g/mol. The van der Waals surface area contributed by atoms with Gasteiger partial charge in [0, 0.05) is 18.1 Å². The molecule has 0 saturated carbocycles. The lowest BCUT2D eigenvalue weighted by molar-refractivity contribution is -0.126. The lowest BCUT2D eigenvalue weighted by atomic mass is 10.1. The predicted octanol–water partition coefficient (Wildman–Crippen LogP) is 2.46. The summed E-state index contributed by atoms with van der Waals surface area (Å²) < 4.78 is 5.71. The Kier molecular flexibility index (Phi) is 3.96. The number of anilines is 1. The highest BCUT2D eigenvalue weighted by Gasteiger charge is 2.38. The molecule has 1 aromatic heterocycles. The van der Waals surface area contributed by atoms with Crippen molar-refractivity contribution in [2.75, 3.05) is 4.90 Å². The van der Waals surface area contributed by atoms with Crippen LogP contribution in [0.4, 0.5) is 5.69 Å². The Morgan fingerprint density at radius 3 is 2.62 bits per heavy atom. The molecule has 7 nitrogen and oxygen atoms in total. The minimum absolute atomic E-state index is 0.145. The molecule has 4 rings (SSSR count). The van der Waals surface area contributed by atoms with Gasteiger partial charge in [-0.3, -0.25) is 9.59 Å². The van der Waals surface area contributed by atoms with Gasteiger partial charge in [-0.05, 0) is 18.2 Å². The van der Waals surface area contributed by atoms with E-state index in [9.17, 15) is 9.59 Å². The number of nitrogens with one attached hydrogen (secondary N) is 1. The van der Waals surface area contributed by atoms with Crippen LogP contribution in [0.2, 0.25) is 0 Å². The van der Waals surface area contributed by atoms with Crippen molar-refractivity contribution in [2.24, 2.45) is 0 Å². The van der Waals surface area contributed by atoms with Gasteiger partial charge in [0.25, 0.3) is 5.91 Å². The van der Waals surface area contributed by atoms with Gasteiger partial charge in [0.1, 0.15) is 12.6 Å². The standard InChI is InChI=1S/C19H16N4O3/c1-12(24)20-17-14-9-5-6-10-15(14)23(19(17)25)11-16-21-22-18(26-16)13-7-3-2-4-8-13/h2-10,17H,11H2,1H3,(H,20,24)/t17-/m0/s1. The van der Waals surface area contributed by atoms with E-state index in [2.05, 4.69) is 15.5 Å². The first-order chi connectivity index (χ1) is 12.6. The molecule has 1 N–H and O–H groups in total. The molecule has 0 spiro atoms. The van der Waals surface area contributed by atoms with Crippen molar-refractivity contribution >= 4 is 17.5 Å². The van der Waals surface area contributed by atoms with Gasteiger partial charge in [-0.1, -0.05) is 36.4 Å². The zero-order valence-electron chi connectivity index (χ0n) is 14.0. The predicted molar refractivity (Wildman–Crippen MR) is 93.9 cm³/mol. The van der Waals surface area contributed by atoms with Gasteiger partial charge < -0.3 is 14.6 Å². The molecular formula is C19H16N4O3. The molecule has 2 aromatic carbocycles. The molecular weight excluding hydrogens is 332 g/mol. The van der Waals surface area contributed by atoms with Gasteiger partial charge in [-0.25, -0.2) is 0 Å². The number of benzene rings is 2. The maximum absolute atomic E-state index is 12.8. The summed E-state index contributed by atoms with van der Waals surface area (Å²) >= 11 is 0. The van der Waals surface area contributed by atoms with Crippen molar-refractivity contribution < 1.29 is 14.0 Å². The van der Waals surface area contributed by atoms with Crippen molar-refractivity contribution in [1.82, 2.24) is 15.5 Å². The number of nitrogens with zero attached hydrogens (tertiary/aromatic N) is 3. The number of fused-ring (bicyclic) bond motifs is 1. The number of hydrogen-bond donors (Lipinski definition) is 1. The third-order valence-electron chi connectivity index (χ3n) is 4.18. The quantitative estimate of drug-likeness (QED) is 0.782. The SMILES string of the molecule is CC(=O)N[C@@H]1C(=O)N(Cc2nnc(-c3ccccc3)o2)c2ccccc21. The first-order valence-electron chi connectivity index (χ1n) is 8.18. The van der Waals surface area contributed by atoms with Gasteiger partial charge in [0.05, 0.1) is 5.69 Å². The van der Waals surface area contributed by atoms with E-state index < -0.39 is 6.04 Å². The third kappa shape index (κ3) is 2.83. The molecule has 7 heteroatoms. The minimum Gasteiger partial charge on any atom is -0.419 e. The highest BCUT2D eigenvalue weighted by atomic mass is 16.4. The van der Waals surface area contributed by atoms with Crippen LogP contribution in [0, 0.1) is 0 Å². The Bertz CT molecular complexity index is 968. The van der Waals surface area contributed by atoms with E-state index in [1.54, 1.807) is 4.90 Å². The second-order valence-corrected chi connectivity index (χ2v) is 5.98. The van der Waals surface area contributed by atoms with E-state index in [1.807, 2.05) is 54.6 Å². The molecule has 1 aliphatic rings. The van der Waals surface area contributed by atoms with Crippen LogP contribution < -0.4 is 10.2 Å². The molecule has 2 heterocycles. The topological polar surface area (TPSA) is 88.3 Å². The van der Waals surface area contributed by atoms with Gasteiger partial charge in [0.15, 0.2) is 0 Å². The van der Waals surface area contributed by atoms with E-state index >= 15 is 0 Å². The summed E-state index contributed by atoms with van der Waals surface area (Å²) in [5, 5.41) is 10.8. The van der Waals surface area contributed by atoms with Crippen molar-refractivity contribution in [3.05, 3.63) is 66.1 Å². The maximum atomic E-state index is 12.8. The Labute approximate surface area is 149 Å². The van der Waals surface area contributed by atoms with E-state index in [0.29, 0.717) is 11.8 Å². The lowest BCUT2D eigenvalue weighted by Gasteiger charge is -2.15. The van der Waals surface area contributed by atoms with Crippen LogP contribution in [-0.2, 0) is 16.1 Å². The second-order valence-electron chi connectivity index (χ2n) is 5.98. The van der Waals surface area contributed by atoms with Gasteiger partial charge >= 0.3 is 0 Å². The largest absolute Gasteiger partial charge is 0.419 e. The summed E-state index contributed by atoms with van der Waals surface area (Å²) in [4.78, 5) is 25.8. The number of aromatic nitrogens is 2. The average Bonchev–Trinajstić information content (AvgIpc) is 3.22. The van der Waals surface area contributed by atoms with Crippen LogP contribution in [0.15, 0.2) is 59.0 Å². The van der Waals surface area contributed by atoms with Crippen LogP contribution in [0.1, 0.15) is 24.4 Å². The second kappa shape index (κ2) is 6.44. The number of amides is 2. The zero-order valence-corrected chi connectivity index (χ0v) is 14.0. The number of para-hydroxylation sites is 1. The Morgan fingerprint density at radius 1 is 1.12 bits per heavy atom. The molecule has 1 atom stereocenters. The number of carbonyl (C=O) groups excluding carboxylic acids is 2. The number of hydrogen-bond acceptors (Lipinski definition) is 5. The molecule has 130 valence electrons. The summed E-state index contributed by atoms with van der Waals surface area (Å²) in [6.45, 7) is 1.54. The van der Waals surface area contributed by atoms with Crippen molar-refractivity contribution in [3.63, 3.8) is 0 Å². The molecule has 0 fully saturated rings. The van der Waals surface area contributed by atoms with Crippen molar-refractivity contribution in [3.8, 4) is 11.5 Å². The molecule has 1 aliphatic heterocycles. The fraction of sp³-hybridized carbons (Fsp3) is 0.158.